The minimum absolute atomic E-state index is 0.214. The Morgan fingerprint density at radius 1 is 1.22 bits per heavy atom. The number of anilines is 1. The molecule has 1 aromatic carbocycles. The summed E-state index contributed by atoms with van der Waals surface area (Å²) in [5, 5.41) is 0. The van der Waals surface area contributed by atoms with E-state index < -0.39 is 10.0 Å². The van der Waals surface area contributed by atoms with Crippen molar-refractivity contribution in [1.82, 2.24) is 4.98 Å². The summed E-state index contributed by atoms with van der Waals surface area (Å²) in [6, 6.07) is 9.83. The first kappa shape index (κ1) is 13.0. The van der Waals surface area contributed by atoms with Crippen molar-refractivity contribution in [3.63, 3.8) is 0 Å². The number of halogens is 1. The van der Waals surface area contributed by atoms with E-state index >= 15 is 0 Å². The molecule has 94 valence electrons. The molecule has 18 heavy (non-hydrogen) atoms. The Bertz CT molecular complexity index is 671. The average Bonchev–Trinajstić information content (AvgIpc) is 2.28. The van der Waals surface area contributed by atoms with E-state index in [1.54, 1.807) is 49.5 Å². The molecule has 0 aliphatic rings. The van der Waals surface area contributed by atoms with Gasteiger partial charge in [0, 0.05) is 16.4 Å². The van der Waals surface area contributed by atoms with Crippen molar-refractivity contribution >= 4 is 31.6 Å². The molecule has 1 heterocycles. The number of hydrogen-bond donors (Lipinski definition) is 1. The second kappa shape index (κ2) is 5.07. The molecule has 0 atom stereocenters. The molecule has 0 fully saturated rings. The second-order valence-electron chi connectivity index (χ2n) is 3.75. The first-order chi connectivity index (χ1) is 8.47. The first-order valence-electron chi connectivity index (χ1n) is 5.18. The van der Waals surface area contributed by atoms with Gasteiger partial charge in [0.05, 0.1) is 10.6 Å². The highest BCUT2D eigenvalue weighted by atomic mass is 79.9. The molecule has 1 aromatic heterocycles. The number of rotatable bonds is 3. The fourth-order valence-corrected chi connectivity index (χ4v) is 3.10. The van der Waals surface area contributed by atoms with Crippen LogP contribution in [-0.2, 0) is 10.0 Å². The molecule has 0 aliphatic heterocycles. The van der Waals surface area contributed by atoms with Crippen LogP contribution in [0.15, 0.2) is 52.0 Å². The van der Waals surface area contributed by atoms with E-state index in [1.807, 2.05) is 0 Å². The van der Waals surface area contributed by atoms with Crippen LogP contribution < -0.4 is 4.72 Å². The van der Waals surface area contributed by atoms with E-state index in [9.17, 15) is 8.42 Å². The number of benzene rings is 1. The summed E-state index contributed by atoms with van der Waals surface area (Å²) in [7, 11) is -3.56. The SMILES string of the molecule is Cc1cc(NS(=O)(=O)c2cccc(Br)c2)ccn1. The van der Waals surface area contributed by atoms with Crippen LogP contribution in [0.3, 0.4) is 0 Å². The van der Waals surface area contributed by atoms with Crippen molar-refractivity contribution in [2.24, 2.45) is 0 Å². The summed E-state index contributed by atoms with van der Waals surface area (Å²) < 4.78 is 27.5. The molecular formula is C12H11BrN2O2S. The topological polar surface area (TPSA) is 59.1 Å². The second-order valence-corrected chi connectivity index (χ2v) is 6.35. The minimum atomic E-state index is -3.56. The Morgan fingerprint density at radius 3 is 2.67 bits per heavy atom. The van der Waals surface area contributed by atoms with Gasteiger partial charge in [0.1, 0.15) is 0 Å². The number of aryl methyl sites for hydroxylation is 1. The predicted molar refractivity (Wildman–Crippen MR) is 73.9 cm³/mol. The van der Waals surface area contributed by atoms with Crippen molar-refractivity contribution in [2.75, 3.05) is 4.72 Å². The van der Waals surface area contributed by atoms with Gasteiger partial charge in [-0.15, -0.1) is 0 Å². The molecule has 2 rings (SSSR count). The highest BCUT2D eigenvalue weighted by Gasteiger charge is 2.14. The molecule has 0 amide bonds. The van der Waals surface area contributed by atoms with E-state index in [1.165, 1.54) is 0 Å². The summed E-state index contributed by atoms with van der Waals surface area (Å²) in [4.78, 5) is 4.23. The van der Waals surface area contributed by atoms with Gasteiger partial charge in [-0.2, -0.15) is 0 Å². The van der Waals surface area contributed by atoms with Crippen LogP contribution in [0.2, 0.25) is 0 Å². The Morgan fingerprint density at radius 2 is 2.00 bits per heavy atom. The largest absolute Gasteiger partial charge is 0.280 e. The maximum absolute atomic E-state index is 12.1. The lowest BCUT2D eigenvalue weighted by Crippen LogP contribution is -2.13. The first-order valence-corrected chi connectivity index (χ1v) is 7.46. The molecule has 1 N–H and O–H groups in total. The Balaban J connectivity index is 2.33. The third kappa shape index (κ3) is 3.08. The third-order valence-electron chi connectivity index (χ3n) is 2.26. The van der Waals surface area contributed by atoms with Crippen LogP contribution in [-0.4, -0.2) is 13.4 Å². The zero-order chi connectivity index (χ0) is 13.2. The van der Waals surface area contributed by atoms with Gasteiger partial charge < -0.3 is 0 Å². The van der Waals surface area contributed by atoms with Gasteiger partial charge in [-0.25, -0.2) is 8.42 Å². The molecule has 0 unspecified atom stereocenters. The van der Waals surface area contributed by atoms with Gasteiger partial charge in [0.25, 0.3) is 10.0 Å². The standard InChI is InChI=1S/C12H11BrN2O2S/c1-9-7-11(5-6-14-9)15-18(16,17)12-4-2-3-10(13)8-12/h2-8H,1H3,(H,14,15). The van der Waals surface area contributed by atoms with Gasteiger partial charge in [-0.1, -0.05) is 22.0 Å². The van der Waals surface area contributed by atoms with E-state index in [0.717, 1.165) is 10.2 Å². The molecule has 2 aromatic rings. The van der Waals surface area contributed by atoms with Crippen molar-refractivity contribution in [3.8, 4) is 0 Å². The van der Waals surface area contributed by atoms with E-state index in [2.05, 4.69) is 25.6 Å². The fourth-order valence-electron chi connectivity index (χ4n) is 1.46. The summed E-state index contributed by atoms with van der Waals surface area (Å²) in [5.74, 6) is 0. The quantitative estimate of drug-likeness (QED) is 0.943. The fraction of sp³-hybridized carbons (Fsp3) is 0.0833. The average molecular weight is 327 g/mol. The molecule has 0 saturated carbocycles. The molecule has 0 bridgehead atoms. The zero-order valence-electron chi connectivity index (χ0n) is 9.59. The number of aromatic nitrogens is 1. The van der Waals surface area contributed by atoms with Gasteiger partial charge in [0.15, 0.2) is 0 Å². The number of nitrogens with one attached hydrogen (secondary N) is 1. The number of nitrogens with zero attached hydrogens (tertiary/aromatic N) is 1. The van der Waals surface area contributed by atoms with Crippen molar-refractivity contribution in [2.45, 2.75) is 11.8 Å². The predicted octanol–water partition coefficient (Wildman–Crippen LogP) is 2.95. The van der Waals surface area contributed by atoms with E-state index in [0.29, 0.717) is 5.69 Å². The van der Waals surface area contributed by atoms with Crippen LogP contribution in [0.25, 0.3) is 0 Å². The Kier molecular flexibility index (Phi) is 3.68. The van der Waals surface area contributed by atoms with Gasteiger partial charge in [-0.3, -0.25) is 9.71 Å². The highest BCUT2D eigenvalue weighted by molar-refractivity contribution is 9.10. The normalized spacial score (nSPS) is 11.2. The molecular weight excluding hydrogens is 316 g/mol. The summed E-state index contributed by atoms with van der Waals surface area (Å²) in [6.45, 7) is 1.80. The van der Waals surface area contributed by atoms with Crippen LogP contribution >= 0.6 is 15.9 Å². The van der Waals surface area contributed by atoms with E-state index in [4.69, 9.17) is 0 Å². The lowest BCUT2D eigenvalue weighted by atomic mass is 10.3. The summed E-state index contributed by atoms with van der Waals surface area (Å²) in [6.07, 6.45) is 1.56. The highest BCUT2D eigenvalue weighted by Crippen LogP contribution is 2.19. The van der Waals surface area contributed by atoms with Gasteiger partial charge >= 0.3 is 0 Å². The number of pyridine rings is 1. The molecule has 0 radical (unpaired) electrons. The zero-order valence-corrected chi connectivity index (χ0v) is 12.0. The van der Waals surface area contributed by atoms with Gasteiger partial charge in [0.2, 0.25) is 0 Å². The van der Waals surface area contributed by atoms with E-state index in [-0.39, 0.29) is 4.90 Å². The minimum Gasteiger partial charge on any atom is -0.280 e. The van der Waals surface area contributed by atoms with Crippen molar-refractivity contribution < 1.29 is 8.42 Å². The van der Waals surface area contributed by atoms with Crippen LogP contribution in [0.1, 0.15) is 5.69 Å². The molecule has 4 nitrogen and oxygen atoms in total. The lowest BCUT2D eigenvalue weighted by Gasteiger charge is -2.08. The van der Waals surface area contributed by atoms with Crippen LogP contribution in [0.5, 0.6) is 0 Å². The molecule has 0 saturated heterocycles. The smallest absolute Gasteiger partial charge is 0.261 e. The lowest BCUT2D eigenvalue weighted by molar-refractivity contribution is 0.601. The third-order valence-corrected chi connectivity index (χ3v) is 4.13. The molecule has 0 spiro atoms. The summed E-state index contributed by atoms with van der Waals surface area (Å²) in [5.41, 5.74) is 1.26. The Hall–Kier alpha value is -1.40. The molecule has 0 aliphatic carbocycles. The number of sulfonamides is 1. The van der Waals surface area contributed by atoms with Crippen molar-refractivity contribution in [1.29, 1.82) is 0 Å². The van der Waals surface area contributed by atoms with Crippen molar-refractivity contribution in [3.05, 3.63) is 52.8 Å². The molecule has 6 heteroatoms. The Labute approximate surface area is 114 Å². The maximum atomic E-state index is 12.1. The number of hydrogen-bond acceptors (Lipinski definition) is 3. The van der Waals surface area contributed by atoms with Gasteiger partial charge in [-0.05, 0) is 37.3 Å². The van der Waals surface area contributed by atoms with Crippen LogP contribution in [0.4, 0.5) is 5.69 Å². The monoisotopic (exact) mass is 326 g/mol. The van der Waals surface area contributed by atoms with Crippen LogP contribution in [0, 0.1) is 6.92 Å². The summed E-state index contributed by atoms with van der Waals surface area (Å²) >= 11 is 3.25. The maximum Gasteiger partial charge on any atom is 0.261 e.